The zero-order chi connectivity index (χ0) is 18.4. The van der Waals surface area contributed by atoms with Crippen LogP contribution in [0.3, 0.4) is 0 Å². The quantitative estimate of drug-likeness (QED) is 0.751. The Morgan fingerprint density at radius 1 is 1.37 bits per heavy atom. The van der Waals surface area contributed by atoms with Crippen molar-refractivity contribution < 1.29 is 4.79 Å². The second kappa shape index (κ2) is 6.30. The van der Waals surface area contributed by atoms with E-state index >= 15 is 0 Å². The average molecular weight is 382 g/mol. The van der Waals surface area contributed by atoms with E-state index in [1.165, 1.54) is 5.56 Å². The highest BCUT2D eigenvalue weighted by atomic mass is 32.1. The predicted octanol–water partition coefficient (Wildman–Crippen LogP) is 2.82. The molecular formula is C19H22N6OS. The molecule has 8 heteroatoms. The monoisotopic (exact) mass is 382 g/mol. The van der Waals surface area contributed by atoms with Crippen LogP contribution in [-0.2, 0) is 11.3 Å². The molecule has 4 heterocycles. The third-order valence-corrected chi connectivity index (χ3v) is 6.85. The van der Waals surface area contributed by atoms with Crippen molar-refractivity contribution >= 4 is 34.2 Å². The van der Waals surface area contributed by atoms with Crippen LogP contribution in [0.25, 0.3) is 11.2 Å². The highest BCUT2D eigenvalue weighted by Gasteiger charge is 2.58. The van der Waals surface area contributed by atoms with Crippen LogP contribution in [0.15, 0.2) is 29.5 Å². The summed E-state index contributed by atoms with van der Waals surface area (Å²) in [6.07, 6.45) is 6.55. The lowest BCUT2D eigenvalue weighted by atomic mass is 9.92. The molecule has 1 unspecified atom stereocenters. The first-order valence-corrected chi connectivity index (χ1v) is 10.3. The van der Waals surface area contributed by atoms with E-state index in [2.05, 4.69) is 46.6 Å². The summed E-state index contributed by atoms with van der Waals surface area (Å²) < 4.78 is 0. The number of hydrogen-bond acceptors (Lipinski definition) is 6. The van der Waals surface area contributed by atoms with Gasteiger partial charge in [-0.1, -0.05) is 0 Å². The molecule has 3 aromatic rings. The maximum absolute atomic E-state index is 12.3. The molecule has 1 atom stereocenters. The molecule has 5 rings (SSSR count). The minimum Gasteiger partial charge on any atom is -0.355 e. The lowest BCUT2D eigenvalue weighted by Crippen LogP contribution is -2.40. The van der Waals surface area contributed by atoms with Crippen LogP contribution in [0.4, 0.5) is 5.82 Å². The Morgan fingerprint density at radius 2 is 2.22 bits per heavy atom. The molecule has 1 spiro atoms. The number of rotatable bonds is 4. The van der Waals surface area contributed by atoms with Crippen LogP contribution >= 0.6 is 11.3 Å². The molecule has 0 aromatic carbocycles. The van der Waals surface area contributed by atoms with Gasteiger partial charge in [0.25, 0.3) is 0 Å². The minimum absolute atomic E-state index is 0.181. The van der Waals surface area contributed by atoms with Crippen molar-refractivity contribution in [3.05, 3.63) is 35.0 Å². The topological polar surface area (TPSA) is 78.0 Å². The van der Waals surface area contributed by atoms with Crippen molar-refractivity contribution in [1.29, 1.82) is 0 Å². The Balaban J connectivity index is 1.29. The number of anilines is 1. The first kappa shape index (κ1) is 16.7. The van der Waals surface area contributed by atoms with E-state index in [1.54, 1.807) is 30.9 Å². The Morgan fingerprint density at radius 3 is 2.96 bits per heavy atom. The summed E-state index contributed by atoms with van der Waals surface area (Å²) >= 11 is 1.69. The molecule has 1 aliphatic carbocycles. The van der Waals surface area contributed by atoms with E-state index in [4.69, 9.17) is 0 Å². The number of thiophene rings is 1. The van der Waals surface area contributed by atoms with Crippen LogP contribution in [0.5, 0.6) is 0 Å². The fourth-order valence-electron chi connectivity index (χ4n) is 4.48. The number of piperidine rings is 1. The Kier molecular flexibility index (Phi) is 3.89. The summed E-state index contributed by atoms with van der Waals surface area (Å²) in [5.74, 6) is 1.12. The molecule has 27 heavy (non-hydrogen) atoms. The third kappa shape index (κ3) is 2.88. The lowest BCUT2D eigenvalue weighted by molar-refractivity contribution is -0.130. The molecule has 1 saturated carbocycles. The second-order valence-corrected chi connectivity index (χ2v) is 8.43. The highest BCUT2D eigenvalue weighted by molar-refractivity contribution is 7.07. The number of fused-ring (bicyclic) bond motifs is 1. The van der Waals surface area contributed by atoms with Gasteiger partial charge >= 0.3 is 0 Å². The number of aromatic nitrogens is 4. The van der Waals surface area contributed by atoms with Gasteiger partial charge < -0.3 is 14.8 Å². The van der Waals surface area contributed by atoms with Crippen LogP contribution in [0.2, 0.25) is 0 Å². The SMILES string of the molecule is CC(=O)N(Cc1ccsc1)C1CC12CCN(c1ncnc3nc[nH]c13)CC2. The molecule has 1 N–H and O–H groups in total. The fourth-order valence-corrected chi connectivity index (χ4v) is 5.14. The van der Waals surface area contributed by atoms with E-state index < -0.39 is 0 Å². The number of carbonyl (C=O) groups excluding carboxylic acids is 1. The summed E-state index contributed by atoms with van der Waals surface area (Å²) in [7, 11) is 0. The van der Waals surface area contributed by atoms with E-state index in [0.29, 0.717) is 11.7 Å². The molecule has 0 radical (unpaired) electrons. The Hall–Kier alpha value is -2.48. The standard InChI is InChI=1S/C19H22N6OS/c1-13(26)25(9-14-2-7-27-10-14)15-8-19(15)3-5-24(6-4-19)18-16-17(21-11-20-16)22-12-23-18/h2,7,10-12,15H,3-6,8-9H2,1H3,(H,20,21,22,23). The number of nitrogens with one attached hydrogen (secondary N) is 1. The van der Waals surface area contributed by atoms with Crippen molar-refractivity contribution in [3.8, 4) is 0 Å². The van der Waals surface area contributed by atoms with Gasteiger partial charge in [0.1, 0.15) is 11.8 Å². The van der Waals surface area contributed by atoms with Crippen LogP contribution in [0, 0.1) is 5.41 Å². The molecule has 2 fully saturated rings. The molecule has 7 nitrogen and oxygen atoms in total. The lowest BCUT2D eigenvalue weighted by Gasteiger charge is -2.35. The number of carbonyl (C=O) groups is 1. The van der Waals surface area contributed by atoms with Crippen LogP contribution < -0.4 is 4.90 Å². The third-order valence-electron chi connectivity index (χ3n) is 6.12. The fraction of sp³-hybridized carbons (Fsp3) is 0.474. The number of hydrogen-bond donors (Lipinski definition) is 1. The predicted molar refractivity (Wildman–Crippen MR) is 105 cm³/mol. The van der Waals surface area contributed by atoms with Gasteiger partial charge in [0.15, 0.2) is 11.5 Å². The van der Waals surface area contributed by atoms with Gasteiger partial charge in [0.05, 0.1) is 6.33 Å². The molecular weight excluding hydrogens is 360 g/mol. The minimum atomic E-state index is 0.181. The van der Waals surface area contributed by atoms with Crippen molar-refractivity contribution in [3.63, 3.8) is 0 Å². The van der Waals surface area contributed by atoms with Gasteiger partial charge in [0, 0.05) is 32.6 Å². The molecule has 1 amide bonds. The normalized spacial score (nSPS) is 20.9. The van der Waals surface area contributed by atoms with E-state index in [1.807, 2.05) is 0 Å². The molecule has 2 aliphatic rings. The van der Waals surface area contributed by atoms with Crippen LogP contribution in [-0.4, -0.2) is 49.9 Å². The Bertz CT molecular complexity index is 960. The Labute approximate surface area is 161 Å². The molecule has 3 aromatic heterocycles. The van der Waals surface area contributed by atoms with Crippen molar-refractivity contribution in [2.45, 2.75) is 38.8 Å². The smallest absolute Gasteiger partial charge is 0.220 e. The van der Waals surface area contributed by atoms with Gasteiger partial charge in [-0.2, -0.15) is 11.3 Å². The summed E-state index contributed by atoms with van der Waals surface area (Å²) in [5.41, 5.74) is 3.13. The van der Waals surface area contributed by atoms with Gasteiger partial charge in [-0.3, -0.25) is 4.79 Å². The number of aromatic amines is 1. The van der Waals surface area contributed by atoms with E-state index in [9.17, 15) is 4.79 Å². The maximum atomic E-state index is 12.3. The number of nitrogens with zero attached hydrogens (tertiary/aromatic N) is 5. The van der Waals surface area contributed by atoms with Crippen molar-refractivity contribution in [2.24, 2.45) is 5.41 Å². The summed E-state index contributed by atoms with van der Waals surface area (Å²) in [5, 5.41) is 4.21. The molecule has 0 bridgehead atoms. The molecule has 1 aliphatic heterocycles. The number of H-pyrrole nitrogens is 1. The van der Waals surface area contributed by atoms with E-state index in [-0.39, 0.29) is 11.3 Å². The number of imidazole rings is 1. The van der Waals surface area contributed by atoms with Crippen LogP contribution in [0.1, 0.15) is 31.7 Å². The molecule has 1 saturated heterocycles. The first-order chi connectivity index (χ1) is 13.2. The van der Waals surface area contributed by atoms with E-state index in [0.717, 1.165) is 50.2 Å². The summed E-state index contributed by atoms with van der Waals surface area (Å²) in [4.78, 5) is 32.7. The average Bonchev–Trinajstić information content (AvgIpc) is 3.09. The number of amides is 1. The zero-order valence-corrected chi connectivity index (χ0v) is 16.1. The van der Waals surface area contributed by atoms with Gasteiger partial charge in [0.2, 0.25) is 5.91 Å². The van der Waals surface area contributed by atoms with Gasteiger partial charge in [-0.05, 0) is 47.1 Å². The van der Waals surface area contributed by atoms with Gasteiger partial charge in [-0.15, -0.1) is 0 Å². The van der Waals surface area contributed by atoms with Crippen molar-refractivity contribution in [2.75, 3.05) is 18.0 Å². The van der Waals surface area contributed by atoms with Gasteiger partial charge in [-0.25, -0.2) is 15.0 Å². The first-order valence-electron chi connectivity index (χ1n) is 9.34. The zero-order valence-electron chi connectivity index (χ0n) is 15.3. The highest BCUT2D eigenvalue weighted by Crippen LogP contribution is 2.57. The second-order valence-electron chi connectivity index (χ2n) is 7.65. The summed E-state index contributed by atoms with van der Waals surface area (Å²) in [6.45, 7) is 4.33. The molecule has 140 valence electrons. The summed E-state index contributed by atoms with van der Waals surface area (Å²) in [6, 6.07) is 2.48. The maximum Gasteiger partial charge on any atom is 0.220 e. The van der Waals surface area contributed by atoms with Crippen molar-refractivity contribution in [1.82, 2.24) is 24.8 Å². The largest absolute Gasteiger partial charge is 0.355 e.